The third-order valence-electron chi connectivity index (χ3n) is 3.46. The molecule has 0 bridgehead atoms. The molecule has 1 heterocycles. The van der Waals surface area contributed by atoms with Gasteiger partial charge in [0, 0.05) is 18.2 Å². The van der Waals surface area contributed by atoms with Gasteiger partial charge in [-0.1, -0.05) is 5.21 Å². The lowest BCUT2D eigenvalue weighted by atomic mass is 10.1. The van der Waals surface area contributed by atoms with E-state index in [4.69, 9.17) is 0 Å². The second kappa shape index (κ2) is 6.07. The summed E-state index contributed by atoms with van der Waals surface area (Å²) in [7, 11) is 0. The molecule has 2 aromatic rings. The predicted molar refractivity (Wildman–Crippen MR) is 81.5 cm³/mol. The molecule has 3 N–H and O–H groups in total. The van der Waals surface area contributed by atoms with Crippen molar-refractivity contribution in [2.75, 3.05) is 6.54 Å². The number of carbonyl (C=O) groups is 2. The Morgan fingerprint density at radius 1 is 1.35 bits per heavy atom. The molecule has 1 aliphatic rings. The minimum absolute atomic E-state index is 0.0582. The Morgan fingerprint density at radius 2 is 2.13 bits per heavy atom. The van der Waals surface area contributed by atoms with E-state index in [0.717, 1.165) is 12.8 Å². The van der Waals surface area contributed by atoms with Gasteiger partial charge < -0.3 is 15.7 Å². The van der Waals surface area contributed by atoms with Crippen molar-refractivity contribution in [3.63, 3.8) is 0 Å². The van der Waals surface area contributed by atoms with Crippen LogP contribution in [0.5, 0.6) is 5.75 Å². The third-order valence-corrected chi connectivity index (χ3v) is 3.46. The van der Waals surface area contributed by atoms with Crippen LogP contribution in [0.15, 0.2) is 24.4 Å². The Morgan fingerprint density at radius 3 is 2.83 bits per heavy atom. The molecule has 0 saturated heterocycles. The predicted octanol–water partition coefficient (Wildman–Crippen LogP) is 0.615. The fourth-order valence-electron chi connectivity index (χ4n) is 2.08. The van der Waals surface area contributed by atoms with Gasteiger partial charge in [0.05, 0.1) is 6.20 Å². The van der Waals surface area contributed by atoms with E-state index in [1.165, 1.54) is 29.1 Å². The number of aromatic nitrogens is 3. The molecule has 8 heteroatoms. The lowest BCUT2D eigenvalue weighted by Crippen LogP contribution is -2.25. The van der Waals surface area contributed by atoms with Gasteiger partial charge in [-0.3, -0.25) is 9.59 Å². The molecule has 8 nitrogen and oxygen atoms in total. The van der Waals surface area contributed by atoms with Crippen molar-refractivity contribution in [2.24, 2.45) is 0 Å². The van der Waals surface area contributed by atoms with Gasteiger partial charge in [-0.2, -0.15) is 0 Å². The van der Waals surface area contributed by atoms with Crippen LogP contribution < -0.4 is 10.6 Å². The zero-order chi connectivity index (χ0) is 16.4. The summed E-state index contributed by atoms with van der Waals surface area (Å²) < 4.78 is 1.28. The molecule has 23 heavy (non-hydrogen) atoms. The maximum Gasteiger partial charge on any atom is 0.273 e. The lowest BCUT2D eigenvalue weighted by molar-refractivity contribution is 0.0941. The molecule has 0 atom stereocenters. The molecule has 0 radical (unpaired) electrons. The van der Waals surface area contributed by atoms with E-state index in [9.17, 15) is 14.7 Å². The minimum Gasteiger partial charge on any atom is -0.506 e. The normalized spacial score (nSPS) is 13.6. The summed E-state index contributed by atoms with van der Waals surface area (Å²) in [6, 6.07) is 4.65. The molecule has 1 aromatic heterocycles. The number of rotatable bonds is 5. The molecule has 0 spiro atoms. The van der Waals surface area contributed by atoms with Crippen molar-refractivity contribution in [3.05, 3.63) is 35.7 Å². The van der Waals surface area contributed by atoms with Crippen molar-refractivity contribution in [1.29, 1.82) is 0 Å². The molecule has 0 aliphatic heterocycles. The third kappa shape index (κ3) is 3.31. The first-order valence-corrected chi connectivity index (χ1v) is 7.43. The number of nitrogens with one attached hydrogen (secondary N) is 2. The highest BCUT2D eigenvalue weighted by molar-refractivity contribution is 5.95. The maximum absolute atomic E-state index is 11.9. The minimum atomic E-state index is -0.293. The van der Waals surface area contributed by atoms with Gasteiger partial charge >= 0.3 is 0 Å². The highest BCUT2D eigenvalue weighted by Crippen LogP contribution is 2.23. The van der Waals surface area contributed by atoms with Crippen LogP contribution in [-0.4, -0.2) is 44.5 Å². The number of carbonyl (C=O) groups excluding carboxylic acids is 2. The first kappa shape index (κ1) is 15.0. The summed E-state index contributed by atoms with van der Waals surface area (Å²) in [5.41, 5.74) is 0.838. The van der Waals surface area contributed by atoms with Crippen LogP contribution in [0.2, 0.25) is 0 Å². The second-order valence-electron chi connectivity index (χ2n) is 5.36. The van der Waals surface area contributed by atoms with Gasteiger partial charge in [0.2, 0.25) is 0 Å². The van der Waals surface area contributed by atoms with Crippen LogP contribution in [0.3, 0.4) is 0 Å². The van der Waals surface area contributed by atoms with E-state index in [0.29, 0.717) is 12.1 Å². The zero-order valence-corrected chi connectivity index (χ0v) is 12.6. The largest absolute Gasteiger partial charge is 0.506 e. The SMILES string of the molecule is CCNC(=O)c1ccc(O)c(-n2cc(C(=O)NC3CC3)nn2)c1. The fourth-order valence-corrected chi connectivity index (χ4v) is 2.08. The van der Waals surface area contributed by atoms with E-state index in [1.54, 1.807) is 0 Å². The smallest absolute Gasteiger partial charge is 0.273 e. The lowest BCUT2D eigenvalue weighted by Gasteiger charge is -2.07. The van der Waals surface area contributed by atoms with Crippen LogP contribution in [0.1, 0.15) is 40.6 Å². The van der Waals surface area contributed by atoms with E-state index in [2.05, 4.69) is 20.9 Å². The highest BCUT2D eigenvalue weighted by Gasteiger charge is 2.25. The van der Waals surface area contributed by atoms with Gasteiger partial charge in [0.15, 0.2) is 5.69 Å². The molecule has 1 aromatic carbocycles. The van der Waals surface area contributed by atoms with Crippen LogP contribution >= 0.6 is 0 Å². The number of aromatic hydroxyl groups is 1. The summed E-state index contributed by atoms with van der Waals surface area (Å²) in [5.74, 6) is -0.601. The molecule has 3 rings (SSSR count). The molecule has 120 valence electrons. The van der Waals surface area contributed by atoms with Crippen LogP contribution in [-0.2, 0) is 0 Å². The number of hydrogen-bond donors (Lipinski definition) is 3. The Kier molecular flexibility index (Phi) is 3.96. The standard InChI is InChI=1S/C15H17N5O3/c1-2-16-14(22)9-3-6-13(21)12(7-9)20-8-11(18-19-20)15(23)17-10-4-5-10/h3,6-8,10,21H,2,4-5H2,1H3,(H,16,22)(H,17,23). The summed E-state index contributed by atoms with van der Waals surface area (Å²) in [6.45, 7) is 2.32. The quantitative estimate of drug-likeness (QED) is 0.749. The van der Waals surface area contributed by atoms with Crippen LogP contribution in [0.4, 0.5) is 0 Å². The van der Waals surface area contributed by atoms with Crippen LogP contribution in [0, 0.1) is 0 Å². The van der Waals surface area contributed by atoms with E-state index < -0.39 is 0 Å². The molecule has 1 aliphatic carbocycles. The highest BCUT2D eigenvalue weighted by atomic mass is 16.3. The second-order valence-corrected chi connectivity index (χ2v) is 5.36. The average molecular weight is 315 g/mol. The number of benzene rings is 1. The number of nitrogens with zero attached hydrogens (tertiary/aromatic N) is 3. The molecule has 1 saturated carbocycles. The first-order chi connectivity index (χ1) is 11.1. The Hall–Kier alpha value is -2.90. The van der Waals surface area contributed by atoms with Gasteiger partial charge in [-0.05, 0) is 38.0 Å². The number of amides is 2. The molecular weight excluding hydrogens is 298 g/mol. The molecular formula is C15H17N5O3. The van der Waals surface area contributed by atoms with Gasteiger partial charge in [0.1, 0.15) is 11.4 Å². The molecule has 1 fully saturated rings. The van der Waals surface area contributed by atoms with Crippen molar-refractivity contribution < 1.29 is 14.7 Å². The van der Waals surface area contributed by atoms with Crippen molar-refractivity contribution in [2.45, 2.75) is 25.8 Å². The van der Waals surface area contributed by atoms with Crippen molar-refractivity contribution in [3.8, 4) is 11.4 Å². The summed E-state index contributed by atoms with van der Waals surface area (Å²) in [6.07, 6.45) is 3.39. The topological polar surface area (TPSA) is 109 Å². The van der Waals surface area contributed by atoms with E-state index in [-0.39, 0.29) is 35.0 Å². The molecule has 2 amide bonds. The Labute approximate surface area is 132 Å². The average Bonchev–Trinajstić information content (AvgIpc) is 3.20. The number of phenols is 1. The maximum atomic E-state index is 11.9. The monoisotopic (exact) mass is 315 g/mol. The molecule has 0 unspecified atom stereocenters. The van der Waals surface area contributed by atoms with Gasteiger partial charge in [-0.25, -0.2) is 4.68 Å². The van der Waals surface area contributed by atoms with E-state index >= 15 is 0 Å². The number of phenolic OH excluding ortho intramolecular Hbond substituents is 1. The Bertz CT molecular complexity index is 751. The van der Waals surface area contributed by atoms with Gasteiger partial charge in [-0.15, -0.1) is 5.10 Å². The summed E-state index contributed by atoms with van der Waals surface area (Å²) in [5, 5.41) is 23.2. The first-order valence-electron chi connectivity index (χ1n) is 7.43. The van der Waals surface area contributed by atoms with Crippen molar-refractivity contribution in [1.82, 2.24) is 25.6 Å². The van der Waals surface area contributed by atoms with Gasteiger partial charge in [0.25, 0.3) is 11.8 Å². The Balaban J connectivity index is 1.85. The summed E-state index contributed by atoms with van der Waals surface area (Å²) in [4.78, 5) is 23.8. The van der Waals surface area contributed by atoms with Crippen LogP contribution in [0.25, 0.3) is 5.69 Å². The zero-order valence-electron chi connectivity index (χ0n) is 12.6. The fraction of sp³-hybridized carbons (Fsp3) is 0.333. The summed E-state index contributed by atoms with van der Waals surface area (Å²) >= 11 is 0. The van der Waals surface area contributed by atoms with E-state index in [1.807, 2.05) is 6.92 Å². The number of hydrogen-bond acceptors (Lipinski definition) is 5. The van der Waals surface area contributed by atoms with Crippen molar-refractivity contribution >= 4 is 11.8 Å².